The van der Waals surface area contributed by atoms with Crippen molar-refractivity contribution in [3.8, 4) is 6.07 Å². The van der Waals surface area contributed by atoms with Crippen molar-refractivity contribution in [2.45, 2.75) is 25.9 Å². The summed E-state index contributed by atoms with van der Waals surface area (Å²) in [6, 6.07) is 17.1. The Morgan fingerprint density at radius 2 is 1.77 bits per heavy atom. The molecule has 2 unspecified atom stereocenters. The van der Waals surface area contributed by atoms with E-state index >= 15 is 0 Å². The third-order valence-corrected chi connectivity index (χ3v) is 4.68. The maximum absolute atomic E-state index is 12.8. The molecule has 3 rings (SSSR count). The summed E-state index contributed by atoms with van der Waals surface area (Å²) in [6.45, 7) is 3.20. The quantitative estimate of drug-likeness (QED) is 0.917. The zero-order valence-corrected chi connectivity index (χ0v) is 14.5. The van der Waals surface area contributed by atoms with Crippen LogP contribution in [0.25, 0.3) is 0 Å². The zero-order chi connectivity index (χ0) is 18.8. The van der Waals surface area contributed by atoms with Crippen molar-refractivity contribution in [1.82, 2.24) is 4.90 Å². The van der Waals surface area contributed by atoms with Crippen LogP contribution in [0.4, 0.5) is 0 Å². The second-order valence-corrected chi connectivity index (χ2v) is 6.25. The number of aliphatic hydroxyl groups excluding tert-OH is 1. The van der Waals surface area contributed by atoms with Crippen molar-refractivity contribution in [3.05, 3.63) is 82.6 Å². The van der Waals surface area contributed by atoms with Gasteiger partial charge in [0.2, 0.25) is 0 Å². The maximum Gasteiger partial charge on any atom is 0.290 e. The van der Waals surface area contributed by atoms with Crippen molar-refractivity contribution in [3.63, 3.8) is 0 Å². The summed E-state index contributed by atoms with van der Waals surface area (Å²) < 4.78 is 0. The molecule has 0 spiro atoms. The third-order valence-electron chi connectivity index (χ3n) is 4.68. The van der Waals surface area contributed by atoms with Crippen LogP contribution in [0.1, 0.15) is 42.6 Å². The molecule has 0 bridgehead atoms. The summed E-state index contributed by atoms with van der Waals surface area (Å²) in [5.74, 6) is -1.43. The van der Waals surface area contributed by atoms with E-state index in [0.717, 1.165) is 5.56 Å². The lowest BCUT2D eigenvalue weighted by Crippen LogP contribution is -2.33. The SMILES string of the molecule is CC(=O)C1=C(O)C(=O)N(C(C)c2ccccc2)C1c1ccc(C#N)cc1. The first-order valence-electron chi connectivity index (χ1n) is 8.27. The first kappa shape index (κ1) is 17.4. The highest BCUT2D eigenvalue weighted by Crippen LogP contribution is 2.42. The van der Waals surface area contributed by atoms with Gasteiger partial charge in [0.05, 0.1) is 29.3 Å². The van der Waals surface area contributed by atoms with Gasteiger partial charge in [0, 0.05) is 0 Å². The van der Waals surface area contributed by atoms with Crippen LogP contribution < -0.4 is 0 Å². The van der Waals surface area contributed by atoms with E-state index in [1.807, 2.05) is 43.3 Å². The van der Waals surface area contributed by atoms with E-state index in [1.165, 1.54) is 11.8 Å². The minimum absolute atomic E-state index is 0.0856. The van der Waals surface area contributed by atoms with Gasteiger partial charge in [0.15, 0.2) is 11.5 Å². The second kappa shape index (κ2) is 6.85. The molecule has 1 amide bonds. The fraction of sp³-hybridized carbons (Fsp3) is 0.190. The number of ketones is 1. The van der Waals surface area contributed by atoms with Crippen LogP contribution in [0.2, 0.25) is 0 Å². The van der Waals surface area contributed by atoms with Crippen LogP contribution in [0.15, 0.2) is 65.9 Å². The predicted octanol–water partition coefficient (Wildman–Crippen LogP) is 3.60. The molecule has 1 aliphatic rings. The van der Waals surface area contributed by atoms with Gasteiger partial charge < -0.3 is 10.0 Å². The van der Waals surface area contributed by atoms with Crippen molar-refractivity contribution in [2.75, 3.05) is 0 Å². The highest BCUT2D eigenvalue weighted by atomic mass is 16.3. The number of rotatable bonds is 4. The monoisotopic (exact) mass is 346 g/mol. The molecule has 1 heterocycles. The van der Waals surface area contributed by atoms with Crippen LogP contribution in [0, 0.1) is 11.3 Å². The molecular weight excluding hydrogens is 328 g/mol. The Balaban J connectivity index is 2.11. The summed E-state index contributed by atoms with van der Waals surface area (Å²) in [7, 11) is 0. The van der Waals surface area contributed by atoms with Crippen LogP contribution in [0.5, 0.6) is 0 Å². The molecule has 5 heteroatoms. The second-order valence-electron chi connectivity index (χ2n) is 6.25. The minimum atomic E-state index is -0.692. The molecule has 0 aliphatic carbocycles. The predicted molar refractivity (Wildman–Crippen MR) is 95.9 cm³/mol. The Morgan fingerprint density at radius 1 is 1.15 bits per heavy atom. The molecule has 0 saturated carbocycles. The van der Waals surface area contributed by atoms with Crippen molar-refractivity contribution in [2.24, 2.45) is 0 Å². The number of nitrogens with zero attached hydrogens (tertiary/aromatic N) is 2. The number of hydrogen-bond donors (Lipinski definition) is 1. The molecule has 1 N–H and O–H groups in total. The van der Waals surface area contributed by atoms with Crippen molar-refractivity contribution < 1.29 is 14.7 Å². The van der Waals surface area contributed by atoms with E-state index in [-0.39, 0.29) is 17.4 Å². The number of carbonyl (C=O) groups is 2. The van der Waals surface area contributed by atoms with Crippen LogP contribution >= 0.6 is 0 Å². The Hall–Kier alpha value is -3.39. The normalized spacial score (nSPS) is 18.0. The molecule has 0 radical (unpaired) electrons. The van der Waals surface area contributed by atoms with E-state index in [4.69, 9.17) is 5.26 Å². The summed E-state index contributed by atoms with van der Waals surface area (Å²) >= 11 is 0. The summed E-state index contributed by atoms with van der Waals surface area (Å²) in [5, 5.41) is 19.3. The molecule has 2 aromatic rings. The lowest BCUT2D eigenvalue weighted by atomic mass is 9.94. The summed E-state index contributed by atoms with van der Waals surface area (Å²) in [4.78, 5) is 26.4. The van der Waals surface area contributed by atoms with Crippen LogP contribution in [0.3, 0.4) is 0 Å². The number of carbonyl (C=O) groups excluding carboxylic acids is 2. The van der Waals surface area contributed by atoms with Gasteiger partial charge >= 0.3 is 0 Å². The molecule has 0 saturated heterocycles. The molecular formula is C21H18N2O3. The van der Waals surface area contributed by atoms with Crippen LogP contribution in [-0.2, 0) is 9.59 Å². The largest absolute Gasteiger partial charge is 0.503 e. The van der Waals surface area contributed by atoms with Gasteiger partial charge in [-0.25, -0.2) is 0 Å². The average molecular weight is 346 g/mol. The number of Topliss-reactive ketones (excluding diaryl/α,β-unsaturated/α-hetero) is 1. The van der Waals surface area contributed by atoms with Gasteiger partial charge in [-0.2, -0.15) is 5.26 Å². The van der Waals surface area contributed by atoms with Gasteiger partial charge in [0.1, 0.15) is 0 Å². The van der Waals surface area contributed by atoms with Gasteiger partial charge in [0.25, 0.3) is 5.91 Å². The average Bonchev–Trinajstić information content (AvgIpc) is 2.93. The maximum atomic E-state index is 12.8. The Morgan fingerprint density at radius 3 is 2.31 bits per heavy atom. The number of benzene rings is 2. The van der Waals surface area contributed by atoms with Gasteiger partial charge in [-0.05, 0) is 37.1 Å². The van der Waals surface area contributed by atoms with Gasteiger partial charge in [-0.15, -0.1) is 0 Å². The number of hydrogen-bond acceptors (Lipinski definition) is 4. The smallest absolute Gasteiger partial charge is 0.290 e. The zero-order valence-electron chi connectivity index (χ0n) is 14.5. The molecule has 26 heavy (non-hydrogen) atoms. The van der Waals surface area contributed by atoms with E-state index in [2.05, 4.69) is 0 Å². The Labute approximate surface area is 151 Å². The van der Waals surface area contributed by atoms with E-state index in [0.29, 0.717) is 11.1 Å². The highest BCUT2D eigenvalue weighted by molar-refractivity contribution is 6.08. The molecule has 5 nitrogen and oxygen atoms in total. The van der Waals surface area contributed by atoms with Crippen molar-refractivity contribution in [1.29, 1.82) is 5.26 Å². The first-order valence-corrected chi connectivity index (χ1v) is 8.27. The molecule has 2 atom stereocenters. The standard InChI is InChI=1S/C21H18N2O3/c1-13(16-6-4-3-5-7-16)23-19(17-10-8-15(12-22)9-11-17)18(14(2)24)20(25)21(23)26/h3-11,13,19,25H,1-2H3. The lowest BCUT2D eigenvalue weighted by Gasteiger charge is -2.32. The van der Waals surface area contributed by atoms with E-state index in [1.54, 1.807) is 24.3 Å². The Bertz CT molecular complexity index is 924. The summed E-state index contributed by atoms with van der Waals surface area (Å²) in [5.41, 5.74) is 2.15. The topological polar surface area (TPSA) is 81.4 Å². The molecule has 0 fully saturated rings. The fourth-order valence-electron chi connectivity index (χ4n) is 3.34. The number of nitriles is 1. The lowest BCUT2D eigenvalue weighted by molar-refractivity contribution is -0.131. The number of aliphatic hydroxyl groups is 1. The Kier molecular flexibility index (Phi) is 4.59. The molecule has 1 aliphatic heterocycles. The van der Waals surface area contributed by atoms with E-state index in [9.17, 15) is 14.7 Å². The fourth-order valence-corrected chi connectivity index (χ4v) is 3.34. The summed E-state index contributed by atoms with van der Waals surface area (Å²) in [6.07, 6.45) is 0. The number of amides is 1. The van der Waals surface area contributed by atoms with Crippen LogP contribution in [-0.4, -0.2) is 21.7 Å². The molecule has 0 aromatic heterocycles. The van der Waals surface area contributed by atoms with Gasteiger partial charge in [-0.1, -0.05) is 42.5 Å². The third kappa shape index (κ3) is 2.86. The first-order chi connectivity index (χ1) is 12.5. The minimum Gasteiger partial charge on any atom is -0.503 e. The molecule has 130 valence electrons. The molecule has 2 aromatic carbocycles. The van der Waals surface area contributed by atoms with Crippen molar-refractivity contribution >= 4 is 11.7 Å². The van der Waals surface area contributed by atoms with E-state index < -0.39 is 17.7 Å². The highest BCUT2D eigenvalue weighted by Gasteiger charge is 2.44. The van der Waals surface area contributed by atoms with Gasteiger partial charge in [-0.3, -0.25) is 9.59 Å².